The van der Waals surface area contributed by atoms with Crippen LogP contribution in [0.5, 0.6) is 0 Å². The number of hydroxylamine groups is 2. The molecule has 35 heavy (non-hydrogen) atoms. The predicted molar refractivity (Wildman–Crippen MR) is 122 cm³/mol. The molecule has 9 nitrogen and oxygen atoms in total. The topological polar surface area (TPSA) is 100 Å². The van der Waals surface area contributed by atoms with Crippen molar-refractivity contribution in [3.05, 3.63) is 53.8 Å². The van der Waals surface area contributed by atoms with Crippen LogP contribution in [0.2, 0.25) is 0 Å². The number of hydrogen-bond acceptors (Lipinski definition) is 7. The van der Waals surface area contributed by atoms with Crippen molar-refractivity contribution in [2.24, 2.45) is 0 Å². The average Bonchev–Trinajstić information content (AvgIpc) is 3.04. The van der Waals surface area contributed by atoms with Gasteiger partial charge < -0.3 is 20.7 Å². The number of benzene rings is 2. The maximum absolute atomic E-state index is 15.0. The smallest absolute Gasteiger partial charge is 0.414 e. The second-order valence-electron chi connectivity index (χ2n) is 8.23. The first-order valence-electron chi connectivity index (χ1n) is 11.1. The fourth-order valence-corrected chi connectivity index (χ4v) is 4.00. The van der Waals surface area contributed by atoms with Crippen LogP contribution in [0.4, 0.5) is 35.0 Å². The maximum atomic E-state index is 15.0. The zero-order valence-corrected chi connectivity index (χ0v) is 18.8. The quantitative estimate of drug-likeness (QED) is 0.572. The highest BCUT2D eigenvalue weighted by molar-refractivity contribution is 5.90. The number of anilines is 3. The van der Waals surface area contributed by atoms with Crippen LogP contribution in [0.1, 0.15) is 5.56 Å². The van der Waals surface area contributed by atoms with E-state index in [4.69, 9.17) is 15.3 Å². The molecule has 4 rings (SSSR count). The highest BCUT2D eigenvalue weighted by Gasteiger charge is 2.33. The number of nitrogens with zero attached hydrogens (tertiary/aromatic N) is 3. The van der Waals surface area contributed by atoms with Gasteiger partial charge in [-0.2, -0.15) is 13.8 Å². The Balaban J connectivity index is 1.35. The molecule has 12 heteroatoms. The molecule has 2 aromatic carbocycles. The lowest BCUT2D eigenvalue weighted by Gasteiger charge is -2.24. The number of carbonyl (C=O) groups excluding carboxylic acids is 2. The van der Waals surface area contributed by atoms with E-state index in [1.165, 1.54) is 11.0 Å². The summed E-state index contributed by atoms with van der Waals surface area (Å²) >= 11 is 0. The number of hydrogen-bond donors (Lipinski definition) is 2. The van der Waals surface area contributed by atoms with Crippen LogP contribution in [0.3, 0.4) is 0 Å². The third-order valence-electron chi connectivity index (χ3n) is 5.72. The largest absolute Gasteiger partial charge is 0.442 e. The molecule has 188 valence electrons. The summed E-state index contributed by atoms with van der Waals surface area (Å²) in [5, 5.41) is 3.83. The number of halogens is 3. The second-order valence-corrected chi connectivity index (χ2v) is 8.23. The molecule has 2 heterocycles. The SMILES string of the molecule is Nc1cccc(CN2CCN(c3ccc(N4CC(CNC(=O)C(F)F)OC4=O)cc3F)CCO2)c1. The third-order valence-corrected chi connectivity index (χ3v) is 5.72. The summed E-state index contributed by atoms with van der Waals surface area (Å²) in [5.41, 5.74) is 8.16. The molecule has 2 aromatic rings. The lowest BCUT2D eigenvalue weighted by atomic mass is 10.2. The zero-order chi connectivity index (χ0) is 24.9. The lowest BCUT2D eigenvalue weighted by molar-refractivity contribution is -0.154. The number of nitrogen functional groups attached to an aromatic ring is 1. The summed E-state index contributed by atoms with van der Waals surface area (Å²) in [4.78, 5) is 32.1. The number of cyclic esters (lactones) is 1. The summed E-state index contributed by atoms with van der Waals surface area (Å²) in [5.74, 6) is -1.96. The molecule has 0 spiro atoms. The van der Waals surface area contributed by atoms with E-state index in [0.717, 1.165) is 5.56 Å². The Morgan fingerprint density at radius 3 is 2.74 bits per heavy atom. The molecular formula is C23H26F3N5O4. The van der Waals surface area contributed by atoms with Gasteiger partial charge in [-0.1, -0.05) is 12.1 Å². The Hall–Kier alpha value is -3.51. The van der Waals surface area contributed by atoms with Gasteiger partial charge >= 0.3 is 12.5 Å². The average molecular weight is 493 g/mol. The van der Waals surface area contributed by atoms with Gasteiger partial charge in [-0.05, 0) is 35.9 Å². The number of carbonyl (C=O) groups is 2. The van der Waals surface area contributed by atoms with Crippen molar-refractivity contribution in [1.29, 1.82) is 0 Å². The highest BCUT2D eigenvalue weighted by atomic mass is 19.3. The number of nitrogens with two attached hydrogens (primary N) is 1. The lowest BCUT2D eigenvalue weighted by Crippen LogP contribution is -2.37. The third kappa shape index (κ3) is 6.14. The summed E-state index contributed by atoms with van der Waals surface area (Å²) in [6.07, 6.45) is -4.71. The summed E-state index contributed by atoms with van der Waals surface area (Å²) in [6.45, 7) is 2.20. The van der Waals surface area contributed by atoms with Crippen LogP contribution in [0.25, 0.3) is 0 Å². The molecule has 2 aliphatic rings. The van der Waals surface area contributed by atoms with Crippen molar-refractivity contribution >= 4 is 29.1 Å². The van der Waals surface area contributed by atoms with Gasteiger partial charge in [0.15, 0.2) is 0 Å². The van der Waals surface area contributed by atoms with Gasteiger partial charge in [0, 0.05) is 31.9 Å². The standard InChI is InChI=1S/C23H26F3N5O4/c24-19-11-17(31-14-18(35-23(31)33)12-28-22(32)21(25)26)4-5-20(19)29-6-7-30(34-9-8-29)13-15-2-1-3-16(27)10-15/h1-5,10-11,18,21H,6-9,12-14,27H2,(H,28,32). The Morgan fingerprint density at radius 2 is 2.00 bits per heavy atom. The Kier molecular flexibility index (Phi) is 7.61. The van der Waals surface area contributed by atoms with E-state index in [-0.39, 0.29) is 18.8 Å². The van der Waals surface area contributed by atoms with Crippen LogP contribution in [-0.4, -0.2) is 68.9 Å². The molecule has 1 atom stereocenters. The van der Waals surface area contributed by atoms with E-state index in [1.54, 1.807) is 12.1 Å². The van der Waals surface area contributed by atoms with Gasteiger partial charge in [0.25, 0.3) is 5.91 Å². The maximum Gasteiger partial charge on any atom is 0.414 e. The first-order chi connectivity index (χ1) is 16.8. The van der Waals surface area contributed by atoms with Crippen molar-refractivity contribution in [2.75, 3.05) is 54.9 Å². The predicted octanol–water partition coefficient (Wildman–Crippen LogP) is 2.37. The molecule has 0 radical (unpaired) electrons. The number of nitrogens with one attached hydrogen (secondary N) is 1. The second kappa shape index (κ2) is 10.8. The molecule has 3 N–H and O–H groups in total. The molecular weight excluding hydrogens is 467 g/mol. The van der Waals surface area contributed by atoms with E-state index >= 15 is 4.39 Å². The number of rotatable bonds is 7. The molecule has 0 aliphatic carbocycles. The van der Waals surface area contributed by atoms with Crippen molar-refractivity contribution in [1.82, 2.24) is 10.4 Å². The van der Waals surface area contributed by atoms with Gasteiger partial charge in [0.2, 0.25) is 0 Å². The van der Waals surface area contributed by atoms with E-state index in [2.05, 4.69) is 0 Å². The van der Waals surface area contributed by atoms with Crippen molar-refractivity contribution in [3.8, 4) is 0 Å². The Bertz CT molecular complexity index is 1070. The van der Waals surface area contributed by atoms with E-state index in [1.807, 2.05) is 39.5 Å². The summed E-state index contributed by atoms with van der Waals surface area (Å²) < 4.78 is 44.8. The fourth-order valence-electron chi connectivity index (χ4n) is 4.00. The van der Waals surface area contributed by atoms with E-state index < -0.39 is 30.3 Å². The summed E-state index contributed by atoms with van der Waals surface area (Å²) in [6, 6.07) is 11.9. The Morgan fingerprint density at radius 1 is 1.17 bits per heavy atom. The van der Waals surface area contributed by atoms with Gasteiger partial charge in [0.1, 0.15) is 11.9 Å². The van der Waals surface area contributed by atoms with Gasteiger partial charge in [-0.15, -0.1) is 0 Å². The molecule has 2 saturated heterocycles. The van der Waals surface area contributed by atoms with Crippen LogP contribution < -0.4 is 20.9 Å². The number of ether oxygens (including phenoxy) is 1. The molecule has 0 aromatic heterocycles. The molecule has 0 saturated carbocycles. The molecule has 0 bridgehead atoms. The minimum Gasteiger partial charge on any atom is -0.442 e. The fraction of sp³-hybridized carbons (Fsp3) is 0.391. The molecule has 2 aliphatic heterocycles. The molecule has 2 fully saturated rings. The minimum absolute atomic E-state index is 0.00233. The monoisotopic (exact) mass is 493 g/mol. The van der Waals surface area contributed by atoms with Crippen molar-refractivity contribution in [3.63, 3.8) is 0 Å². The highest BCUT2D eigenvalue weighted by Crippen LogP contribution is 2.28. The molecule has 2 amide bonds. The van der Waals surface area contributed by atoms with Crippen LogP contribution in [-0.2, 0) is 20.9 Å². The van der Waals surface area contributed by atoms with Gasteiger partial charge in [-0.3, -0.25) is 14.5 Å². The van der Waals surface area contributed by atoms with Crippen molar-refractivity contribution in [2.45, 2.75) is 19.1 Å². The molecule has 1 unspecified atom stereocenters. The first kappa shape index (κ1) is 24.6. The first-order valence-corrected chi connectivity index (χ1v) is 11.1. The minimum atomic E-state index is -3.15. The normalized spacial score (nSPS) is 19.1. The van der Waals surface area contributed by atoms with Crippen LogP contribution >= 0.6 is 0 Å². The van der Waals surface area contributed by atoms with Crippen molar-refractivity contribution < 1.29 is 32.3 Å². The van der Waals surface area contributed by atoms with E-state index in [9.17, 15) is 18.4 Å². The van der Waals surface area contributed by atoms with Crippen LogP contribution in [0.15, 0.2) is 42.5 Å². The van der Waals surface area contributed by atoms with E-state index in [0.29, 0.717) is 44.2 Å². The van der Waals surface area contributed by atoms with Gasteiger partial charge in [-0.25, -0.2) is 9.18 Å². The van der Waals surface area contributed by atoms with Gasteiger partial charge in [0.05, 0.1) is 31.1 Å². The number of alkyl halides is 2. The Labute approximate surface area is 200 Å². The zero-order valence-electron chi connectivity index (χ0n) is 18.8. The summed E-state index contributed by atoms with van der Waals surface area (Å²) in [7, 11) is 0. The van der Waals surface area contributed by atoms with Crippen LogP contribution in [0, 0.1) is 5.82 Å². The number of amides is 2.